The van der Waals surface area contributed by atoms with Crippen molar-refractivity contribution in [2.75, 3.05) is 25.5 Å². The highest BCUT2D eigenvalue weighted by Crippen LogP contribution is 2.44. The van der Waals surface area contributed by atoms with Crippen LogP contribution in [0.3, 0.4) is 0 Å². The molecule has 1 amide bonds. The summed E-state index contributed by atoms with van der Waals surface area (Å²) in [5.41, 5.74) is 1.80. The highest BCUT2D eigenvalue weighted by atomic mass is 16.5. The minimum atomic E-state index is -0.421. The molecule has 0 unspecified atom stereocenters. The Hall–Kier alpha value is -1.88. The van der Waals surface area contributed by atoms with Gasteiger partial charge >= 0.3 is 5.97 Å². The average Bonchev–Trinajstić information content (AvgIpc) is 2.71. The molecule has 1 fully saturated rings. The maximum Gasteiger partial charge on any atom is 0.337 e. The van der Waals surface area contributed by atoms with Gasteiger partial charge in [-0.1, -0.05) is 6.07 Å². The molecular weight excluding hydrogens is 244 g/mol. The molecule has 3 rings (SSSR count). The van der Waals surface area contributed by atoms with Crippen LogP contribution in [0.5, 0.6) is 0 Å². The van der Waals surface area contributed by atoms with Crippen molar-refractivity contribution in [1.29, 1.82) is 0 Å². The number of piperidine rings is 1. The number of esters is 1. The van der Waals surface area contributed by atoms with Crippen molar-refractivity contribution in [2.24, 2.45) is 0 Å². The summed E-state index contributed by atoms with van der Waals surface area (Å²) in [5.74, 6) is -0.339. The second-order valence-corrected chi connectivity index (χ2v) is 5.04. The molecule has 0 radical (unpaired) electrons. The monoisotopic (exact) mass is 260 g/mol. The van der Waals surface area contributed by atoms with Crippen molar-refractivity contribution in [3.05, 3.63) is 29.3 Å². The summed E-state index contributed by atoms with van der Waals surface area (Å²) in [4.78, 5) is 23.8. The Bertz CT molecular complexity index is 548. The van der Waals surface area contributed by atoms with Gasteiger partial charge in [0.2, 0.25) is 5.91 Å². The van der Waals surface area contributed by atoms with Crippen LogP contribution in [0.2, 0.25) is 0 Å². The molecule has 0 saturated carbocycles. The first-order chi connectivity index (χ1) is 9.17. The molecule has 1 aromatic carbocycles. The molecule has 5 heteroatoms. The molecule has 1 spiro atoms. The average molecular weight is 260 g/mol. The van der Waals surface area contributed by atoms with Gasteiger partial charge in [0, 0.05) is 5.69 Å². The minimum absolute atomic E-state index is 0.0472. The van der Waals surface area contributed by atoms with Crippen molar-refractivity contribution in [2.45, 2.75) is 18.3 Å². The lowest BCUT2D eigenvalue weighted by molar-refractivity contribution is -0.121. The van der Waals surface area contributed by atoms with E-state index in [1.165, 1.54) is 7.11 Å². The van der Waals surface area contributed by atoms with Crippen molar-refractivity contribution in [3.63, 3.8) is 0 Å². The Morgan fingerprint density at radius 2 is 2.05 bits per heavy atom. The third kappa shape index (κ3) is 1.73. The van der Waals surface area contributed by atoms with E-state index in [9.17, 15) is 9.59 Å². The molecule has 2 N–H and O–H groups in total. The number of hydrogen-bond donors (Lipinski definition) is 2. The Balaban J connectivity index is 2.03. The number of fused-ring (bicyclic) bond motifs is 2. The number of carbonyl (C=O) groups is 2. The van der Waals surface area contributed by atoms with E-state index in [0.717, 1.165) is 37.2 Å². The van der Waals surface area contributed by atoms with Gasteiger partial charge in [-0.25, -0.2) is 4.79 Å². The van der Waals surface area contributed by atoms with Crippen LogP contribution in [-0.4, -0.2) is 32.1 Å². The highest BCUT2D eigenvalue weighted by Gasteiger charge is 2.47. The van der Waals surface area contributed by atoms with E-state index in [0.29, 0.717) is 5.56 Å². The van der Waals surface area contributed by atoms with Crippen molar-refractivity contribution >= 4 is 17.6 Å². The van der Waals surface area contributed by atoms with E-state index in [-0.39, 0.29) is 11.9 Å². The summed E-state index contributed by atoms with van der Waals surface area (Å²) in [7, 11) is 1.35. The van der Waals surface area contributed by atoms with Crippen molar-refractivity contribution < 1.29 is 14.3 Å². The lowest BCUT2D eigenvalue weighted by Gasteiger charge is -2.31. The van der Waals surface area contributed by atoms with Crippen molar-refractivity contribution in [1.82, 2.24) is 5.32 Å². The summed E-state index contributed by atoms with van der Waals surface area (Å²) >= 11 is 0. The number of nitrogens with one attached hydrogen (secondary N) is 2. The predicted octanol–water partition coefficient (Wildman–Crippen LogP) is 1.05. The van der Waals surface area contributed by atoms with Gasteiger partial charge in [0.15, 0.2) is 0 Å². The molecule has 100 valence electrons. The van der Waals surface area contributed by atoms with E-state index in [1.807, 2.05) is 6.07 Å². The number of methoxy groups -OCH3 is 1. The minimum Gasteiger partial charge on any atom is -0.465 e. The number of anilines is 1. The number of amides is 1. The highest BCUT2D eigenvalue weighted by molar-refractivity contribution is 6.07. The second kappa shape index (κ2) is 4.35. The summed E-state index contributed by atoms with van der Waals surface area (Å²) in [6, 6.07) is 5.31. The van der Waals surface area contributed by atoms with Crippen LogP contribution in [0, 0.1) is 0 Å². The van der Waals surface area contributed by atoms with E-state index in [2.05, 4.69) is 10.6 Å². The maximum atomic E-state index is 12.3. The van der Waals surface area contributed by atoms with Gasteiger partial charge in [0.05, 0.1) is 18.1 Å². The first-order valence-electron chi connectivity index (χ1n) is 6.42. The number of ether oxygens (including phenoxy) is 1. The fourth-order valence-electron chi connectivity index (χ4n) is 3.02. The lowest BCUT2D eigenvalue weighted by Crippen LogP contribution is -2.44. The van der Waals surface area contributed by atoms with Crippen LogP contribution in [-0.2, 0) is 14.9 Å². The molecule has 2 heterocycles. The molecular formula is C14H16N2O3. The van der Waals surface area contributed by atoms with Gasteiger partial charge in [-0.05, 0) is 43.6 Å². The first kappa shape index (κ1) is 12.2. The second-order valence-electron chi connectivity index (χ2n) is 5.04. The molecule has 0 aliphatic carbocycles. The van der Waals surface area contributed by atoms with Crippen LogP contribution in [0.15, 0.2) is 18.2 Å². The van der Waals surface area contributed by atoms with Gasteiger partial charge in [-0.3, -0.25) is 4.79 Å². The molecule has 1 aromatic rings. The van der Waals surface area contributed by atoms with Crippen LogP contribution < -0.4 is 10.6 Å². The smallest absolute Gasteiger partial charge is 0.337 e. The molecule has 0 atom stereocenters. The molecule has 2 aliphatic heterocycles. The Labute approximate surface area is 111 Å². The maximum absolute atomic E-state index is 12.3. The van der Waals surface area contributed by atoms with Crippen LogP contribution in [0.1, 0.15) is 28.8 Å². The van der Waals surface area contributed by atoms with Crippen LogP contribution in [0.4, 0.5) is 5.69 Å². The van der Waals surface area contributed by atoms with E-state index >= 15 is 0 Å². The third-order valence-corrected chi connectivity index (χ3v) is 4.10. The first-order valence-corrected chi connectivity index (χ1v) is 6.42. The number of rotatable bonds is 1. The SMILES string of the molecule is COC(=O)c1ccc2c(c1)NC(=O)C21CCNCC1. The summed E-state index contributed by atoms with van der Waals surface area (Å²) in [5, 5.41) is 6.17. The topological polar surface area (TPSA) is 67.4 Å². The van der Waals surface area contributed by atoms with Gasteiger partial charge in [0.25, 0.3) is 0 Å². The Morgan fingerprint density at radius 3 is 2.74 bits per heavy atom. The lowest BCUT2D eigenvalue weighted by atomic mass is 9.74. The molecule has 19 heavy (non-hydrogen) atoms. The third-order valence-electron chi connectivity index (χ3n) is 4.10. The van der Waals surface area contributed by atoms with Gasteiger partial charge < -0.3 is 15.4 Å². The molecule has 2 aliphatic rings. The number of benzene rings is 1. The van der Waals surface area contributed by atoms with Crippen LogP contribution >= 0.6 is 0 Å². The van der Waals surface area contributed by atoms with Gasteiger partial charge in [0.1, 0.15) is 0 Å². The zero-order valence-electron chi connectivity index (χ0n) is 10.8. The van der Waals surface area contributed by atoms with E-state index in [1.54, 1.807) is 12.1 Å². The fourth-order valence-corrected chi connectivity index (χ4v) is 3.02. The van der Waals surface area contributed by atoms with Gasteiger partial charge in [-0.2, -0.15) is 0 Å². The normalized spacial score (nSPS) is 19.9. The van der Waals surface area contributed by atoms with Gasteiger partial charge in [-0.15, -0.1) is 0 Å². The zero-order valence-corrected chi connectivity index (χ0v) is 10.8. The Kier molecular flexibility index (Phi) is 2.78. The summed E-state index contributed by atoms with van der Waals surface area (Å²) in [6.45, 7) is 1.68. The summed E-state index contributed by atoms with van der Waals surface area (Å²) in [6.07, 6.45) is 1.59. The quantitative estimate of drug-likeness (QED) is 0.741. The Morgan fingerprint density at radius 1 is 1.32 bits per heavy atom. The van der Waals surface area contributed by atoms with E-state index < -0.39 is 5.41 Å². The molecule has 0 bridgehead atoms. The largest absolute Gasteiger partial charge is 0.465 e. The zero-order chi connectivity index (χ0) is 13.5. The number of hydrogen-bond acceptors (Lipinski definition) is 4. The predicted molar refractivity (Wildman–Crippen MR) is 70.2 cm³/mol. The van der Waals surface area contributed by atoms with Crippen LogP contribution in [0.25, 0.3) is 0 Å². The van der Waals surface area contributed by atoms with Crippen molar-refractivity contribution in [3.8, 4) is 0 Å². The molecule has 5 nitrogen and oxygen atoms in total. The fraction of sp³-hybridized carbons (Fsp3) is 0.429. The molecule has 0 aromatic heterocycles. The number of carbonyl (C=O) groups excluding carboxylic acids is 2. The van der Waals surface area contributed by atoms with E-state index in [4.69, 9.17) is 4.74 Å². The standard InChI is InChI=1S/C14H16N2O3/c1-19-12(17)9-2-3-10-11(8-9)16-13(18)14(10)4-6-15-7-5-14/h2-3,8,15H,4-7H2,1H3,(H,16,18). The summed E-state index contributed by atoms with van der Waals surface area (Å²) < 4.78 is 4.70. The molecule has 1 saturated heterocycles.